The summed E-state index contributed by atoms with van der Waals surface area (Å²) in [6.45, 7) is 7.10. The van der Waals surface area contributed by atoms with Gasteiger partial charge < -0.3 is 15.2 Å². The van der Waals surface area contributed by atoms with Gasteiger partial charge in [-0.15, -0.1) is 0 Å². The molecule has 0 aliphatic carbocycles. The predicted molar refractivity (Wildman–Crippen MR) is 82.5 cm³/mol. The molecule has 0 spiro atoms. The van der Waals surface area contributed by atoms with Gasteiger partial charge in [-0.25, -0.2) is 0 Å². The molecule has 1 aromatic carbocycles. The molecular formula is C16H23N3O2. The van der Waals surface area contributed by atoms with E-state index in [4.69, 9.17) is 4.74 Å². The van der Waals surface area contributed by atoms with Crippen molar-refractivity contribution < 1.29 is 9.84 Å². The van der Waals surface area contributed by atoms with Gasteiger partial charge in [0.1, 0.15) is 5.75 Å². The summed E-state index contributed by atoms with van der Waals surface area (Å²) in [5.74, 6) is 0.287. The van der Waals surface area contributed by atoms with Gasteiger partial charge in [0.2, 0.25) is 0 Å². The molecule has 1 heterocycles. The third-order valence-electron chi connectivity index (χ3n) is 3.56. The highest BCUT2D eigenvalue weighted by molar-refractivity contribution is 5.29. The molecular weight excluding hydrogens is 266 g/mol. The Bertz CT molecular complexity index is 593. The Morgan fingerprint density at radius 3 is 2.86 bits per heavy atom. The topological polar surface area (TPSA) is 59.3 Å². The van der Waals surface area contributed by atoms with Gasteiger partial charge in [-0.05, 0) is 31.5 Å². The molecule has 0 aliphatic rings. The van der Waals surface area contributed by atoms with Gasteiger partial charge >= 0.3 is 0 Å². The number of nitrogens with zero attached hydrogens (tertiary/aromatic N) is 2. The number of phenols is 1. The average molecular weight is 289 g/mol. The van der Waals surface area contributed by atoms with E-state index in [0.717, 1.165) is 30.0 Å². The first kappa shape index (κ1) is 15.5. The number of nitrogens with one attached hydrogen (secondary N) is 1. The monoisotopic (exact) mass is 289 g/mol. The van der Waals surface area contributed by atoms with Gasteiger partial charge in [-0.3, -0.25) is 4.68 Å². The van der Waals surface area contributed by atoms with E-state index in [1.165, 1.54) is 5.56 Å². The van der Waals surface area contributed by atoms with E-state index in [1.807, 2.05) is 23.7 Å². The van der Waals surface area contributed by atoms with Crippen LogP contribution in [0, 0.1) is 13.8 Å². The summed E-state index contributed by atoms with van der Waals surface area (Å²) in [5.41, 5.74) is 4.46. The molecule has 2 aromatic rings. The molecule has 1 aromatic heterocycles. The largest absolute Gasteiger partial charge is 0.508 e. The molecule has 0 atom stereocenters. The third-order valence-corrected chi connectivity index (χ3v) is 3.56. The van der Waals surface area contributed by atoms with Crippen LogP contribution in [0.2, 0.25) is 0 Å². The van der Waals surface area contributed by atoms with Crippen LogP contribution >= 0.6 is 0 Å². The van der Waals surface area contributed by atoms with E-state index < -0.39 is 0 Å². The molecule has 0 aliphatic heterocycles. The van der Waals surface area contributed by atoms with Crippen molar-refractivity contribution in [2.45, 2.75) is 26.9 Å². The van der Waals surface area contributed by atoms with Gasteiger partial charge in [-0.2, -0.15) is 5.10 Å². The maximum atomic E-state index is 9.54. The van der Waals surface area contributed by atoms with E-state index in [9.17, 15) is 5.11 Å². The van der Waals surface area contributed by atoms with Crippen molar-refractivity contribution in [2.75, 3.05) is 20.3 Å². The fraction of sp³-hybridized carbons (Fsp3) is 0.438. The third kappa shape index (κ3) is 4.06. The van der Waals surface area contributed by atoms with Gasteiger partial charge in [-0.1, -0.05) is 12.1 Å². The van der Waals surface area contributed by atoms with E-state index >= 15 is 0 Å². The fourth-order valence-electron chi connectivity index (χ4n) is 2.36. The van der Waals surface area contributed by atoms with Crippen molar-refractivity contribution in [2.24, 2.45) is 0 Å². The fourth-order valence-corrected chi connectivity index (χ4v) is 2.36. The number of benzene rings is 1. The number of hydrogen-bond donors (Lipinski definition) is 2. The lowest BCUT2D eigenvalue weighted by atomic mass is 10.2. The lowest BCUT2D eigenvalue weighted by Crippen LogP contribution is -2.19. The van der Waals surface area contributed by atoms with Crippen molar-refractivity contribution in [3.8, 4) is 5.75 Å². The first-order valence-corrected chi connectivity index (χ1v) is 7.12. The predicted octanol–water partition coefficient (Wildman–Crippen LogP) is 1.99. The molecule has 0 radical (unpaired) electrons. The van der Waals surface area contributed by atoms with Crippen molar-refractivity contribution >= 4 is 0 Å². The summed E-state index contributed by atoms with van der Waals surface area (Å²) in [4.78, 5) is 0. The van der Waals surface area contributed by atoms with Crippen LogP contribution in [0.1, 0.15) is 22.5 Å². The number of methoxy groups -OCH3 is 1. The van der Waals surface area contributed by atoms with E-state index in [0.29, 0.717) is 13.2 Å². The number of aromatic nitrogens is 2. The van der Waals surface area contributed by atoms with Crippen LogP contribution in [0.5, 0.6) is 5.75 Å². The molecule has 0 fully saturated rings. The maximum absolute atomic E-state index is 9.54. The minimum Gasteiger partial charge on any atom is -0.508 e. The zero-order valence-electron chi connectivity index (χ0n) is 12.9. The number of aryl methyl sites for hydroxylation is 1. The smallest absolute Gasteiger partial charge is 0.115 e. The standard InChI is InChI=1S/C16H23N3O2/c1-12-16(10-17-7-8-21-3)13(2)19(18-12)11-14-5-4-6-15(20)9-14/h4-6,9,17,20H,7-8,10-11H2,1-3H3. The minimum atomic E-state index is 0.287. The lowest BCUT2D eigenvalue weighted by molar-refractivity contribution is 0.199. The summed E-state index contributed by atoms with van der Waals surface area (Å²) < 4.78 is 7.01. The lowest BCUT2D eigenvalue weighted by Gasteiger charge is -2.07. The molecule has 2 rings (SSSR count). The van der Waals surface area contributed by atoms with Crippen LogP contribution in [0.15, 0.2) is 24.3 Å². The Balaban J connectivity index is 2.07. The van der Waals surface area contributed by atoms with Gasteiger partial charge in [0.15, 0.2) is 0 Å². The Hall–Kier alpha value is -1.85. The van der Waals surface area contributed by atoms with Crippen molar-refractivity contribution in [1.82, 2.24) is 15.1 Å². The molecule has 0 amide bonds. The van der Waals surface area contributed by atoms with Crippen molar-refractivity contribution in [3.05, 3.63) is 46.8 Å². The molecule has 0 unspecified atom stereocenters. The number of ether oxygens (including phenoxy) is 1. The van der Waals surface area contributed by atoms with Gasteiger partial charge in [0, 0.05) is 31.5 Å². The molecule has 0 saturated carbocycles. The number of rotatable bonds is 7. The van der Waals surface area contributed by atoms with Crippen LogP contribution in [0.4, 0.5) is 0 Å². The normalized spacial score (nSPS) is 11.0. The number of aromatic hydroxyl groups is 1. The molecule has 21 heavy (non-hydrogen) atoms. The van der Waals surface area contributed by atoms with Gasteiger partial charge in [0.25, 0.3) is 0 Å². The average Bonchev–Trinajstić information content (AvgIpc) is 2.70. The van der Waals surface area contributed by atoms with Crippen LogP contribution in [-0.2, 0) is 17.8 Å². The van der Waals surface area contributed by atoms with Crippen molar-refractivity contribution in [3.63, 3.8) is 0 Å². The summed E-state index contributed by atoms with van der Waals surface area (Å²) in [5, 5.41) is 17.5. The Labute approximate surface area is 125 Å². The summed E-state index contributed by atoms with van der Waals surface area (Å²) >= 11 is 0. The highest BCUT2D eigenvalue weighted by Crippen LogP contribution is 2.16. The van der Waals surface area contributed by atoms with Crippen LogP contribution in [0.25, 0.3) is 0 Å². The second kappa shape index (κ2) is 7.24. The van der Waals surface area contributed by atoms with E-state index in [1.54, 1.807) is 19.2 Å². The molecule has 5 heteroatoms. The summed E-state index contributed by atoms with van der Waals surface area (Å²) in [6, 6.07) is 7.29. The van der Waals surface area contributed by atoms with Crippen LogP contribution in [0.3, 0.4) is 0 Å². The highest BCUT2D eigenvalue weighted by atomic mass is 16.5. The Morgan fingerprint density at radius 1 is 1.33 bits per heavy atom. The summed E-state index contributed by atoms with van der Waals surface area (Å²) in [6.07, 6.45) is 0. The molecule has 0 bridgehead atoms. The van der Waals surface area contributed by atoms with Crippen molar-refractivity contribution in [1.29, 1.82) is 0 Å². The first-order valence-electron chi connectivity index (χ1n) is 7.12. The van der Waals surface area contributed by atoms with Crippen LogP contribution < -0.4 is 5.32 Å². The zero-order chi connectivity index (χ0) is 15.2. The molecule has 0 saturated heterocycles. The van der Waals surface area contributed by atoms with E-state index in [2.05, 4.69) is 17.3 Å². The Kier molecular flexibility index (Phi) is 5.36. The van der Waals surface area contributed by atoms with E-state index in [-0.39, 0.29) is 5.75 Å². The second-order valence-electron chi connectivity index (χ2n) is 5.15. The summed E-state index contributed by atoms with van der Waals surface area (Å²) in [7, 11) is 1.70. The number of phenolic OH excluding ortho intramolecular Hbond substituents is 1. The Morgan fingerprint density at radius 2 is 2.14 bits per heavy atom. The molecule has 2 N–H and O–H groups in total. The molecule has 5 nitrogen and oxygen atoms in total. The van der Waals surface area contributed by atoms with Crippen LogP contribution in [-0.4, -0.2) is 35.1 Å². The second-order valence-corrected chi connectivity index (χ2v) is 5.15. The highest BCUT2D eigenvalue weighted by Gasteiger charge is 2.11. The minimum absolute atomic E-state index is 0.287. The maximum Gasteiger partial charge on any atom is 0.115 e. The SMILES string of the molecule is COCCNCc1c(C)nn(Cc2cccc(O)c2)c1C. The zero-order valence-corrected chi connectivity index (χ0v) is 12.9. The number of hydrogen-bond acceptors (Lipinski definition) is 4. The first-order chi connectivity index (χ1) is 10.1. The van der Waals surface area contributed by atoms with Gasteiger partial charge in [0.05, 0.1) is 18.8 Å². The quantitative estimate of drug-likeness (QED) is 0.765. The molecule has 114 valence electrons.